The van der Waals surface area contributed by atoms with Crippen molar-refractivity contribution in [1.29, 1.82) is 0 Å². The second-order valence-corrected chi connectivity index (χ2v) is 5.58. The second kappa shape index (κ2) is 5.63. The van der Waals surface area contributed by atoms with Crippen molar-refractivity contribution in [2.24, 2.45) is 0 Å². The van der Waals surface area contributed by atoms with E-state index in [2.05, 4.69) is 34.3 Å². The predicted molar refractivity (Wildman–Crippen MR) is 80.2 cm³/mol. The first-order valence-corrected chi connectivity index (χ1v) is 7.13. The van der Waals surface area contributed by atoms with Crippen LogP contribution in [0.25, 0.3) is 5.69 Å². The minimum Gasteiger partial charge on any atom is -0.379 e. The van der Waals surface area contributed by atoms with Gasteiger partial charge in [-0.25, -0.2) is 4.68 Å². The zero-order valence-electron chi connectivity index (χ0n) is 12.1. The SMILES string of the molecule is Cc1cnn(-c2ccncc2NC2CCN(C)CC2)c1. The molecule has 1 N–H and O–H groups in total. The Labute approximate surface area is 119 Å². The summed E-state index contributed by atoms with van der Waals surface area (Å²) >= 11 is 0. The van der Waals surface area contributed by atoms with Crippen molar-refractivity contribution in [2.75, 3.05) is 25.5 Å². The summed E-state index contributed by atoms with van der Waals surface area (Å²) in [4.78, 5) is 6.62. The molecule has 1 fully saturated rings. The van der Waals surface area contributed by atoms with Crippen LogP contribution >= 0.6 is 0 Å². The highest BCUT2D eigenvalue weighted by atomic mass is 15.3. The maximum Gasteiger partial charge on any atom is 0.0908 e. The minimum absolute atomic E-state index is 0.519. The molecule has 2 aromatic heterocycles. The van der Waals surface area contributed by atoms with Gasteiger partial charge in [0.15, 0.2) is 0 Å². The molecule has 0 bridgehead atoms. The standard InChI is InChI=1S/C15H21N5/c1-12-9-17-20(11-12)15-3-6-16-10-14(15)18-13-4-7-19(2)8-5-13/h3,6,9-11,13,18H,4-5,7-8H2,1-2H3. The molecule has 3 rings (SSSR count). The molecule has 1 saturated heterocycles. The third-order valence-corrected chi connectivity index (χ3v) is 3.83. The van der Waals surface area contributed by atoms with Crippen LogP contribution in [0.2, 0.25) is 0 Å². The molecule has 0 spiro atoms. The second-order valence-electron chi connectivity index (χ2n) is 5.58. The van der Waals surface area contributed by atoms with E-state index in [0.29, 0.717) is 6.04 Å². The van der Waals surface area contributed by atoms with Crippen molar-refractivity contribution in [2.45, 2.75) is 25.8 Å². The van der Waals surface area contributed by atoms with Crippen molar-refractivity contribution in [1.82, 2.24) is 19.7 Å². The van der Waals surface area contributed by atoms with Gasteiger partial charge in [-0.1, -0.05) is 0 Å². The van der Waals surface area contributed by atoms with Gasteiger partial charge in [0.1, 0.15) is 0 Å². The number of likely N-dealkylation sites (tertiary alicyclic amines) is 1. The molecule has 5 nitrogen and oxygen atoms in total. The number of hydrogen-bond donors (Lipinski definition) is 1. The van der Waals surface area contributed by atoms with Gasteiger partial charge in [0.05, 0.1) is 23.8 Å². The molecule has 1 aliphatic rings. The highest BCUT2D eigenvalue weighted by Crippen LogP contribution is 2.22. The van der Waals surface area contributed by atoms with Crippen LogP contribution in [0, 0.1) is 6.92 Å². The summed E-state index contributed by atoms with van der Waals surface area (Å²) in [5, 5.41) is 8.02. The lowest BCUT2D eigenvalue weighted by molar-refractivity contribution is 0.264. The maximum absolute atomic E-state index is 4.39. The van der Waals surface area contributed by atoms with Crippen molar-refractivity contribution in [3.63, 3.8) is 0 Å². The molecule has 0 aliphatic carbocycles. The smallest absolute Gasteiger partial charge is 0.0908 e. The Hall–Kier alpha value is -1.88. The molecule has 0 unspecified atom stereocenters. The highest BCUT2D eigenvalue weighted by Gasteiger charge is 2.17. The normalized spacial score (nSPS) is 17.3. The van der Waals surface area contributed by atoms with Gasteiger partial charge in [-0.3, -0.25) is 4.98 Å². The average molecular weight is 271 g/mol. The van der Waals surface area contributed by atoms with E-state index in [-0.39, 0.29) is 0 Å². The predicted octanol–water partition coefficient (Wildman–Crippen LogP) is 2.08. The Kier molecular flexibility index (Phi) is 3.69. The largest absolute Gasteiger partial charge is 0.379 e. The number of nitrogens with zero attached hydrogens (tertiary/aromatic N) is 4. The minimum atomic E-state index is 0.519. The van der Waals surface area contributed by atoms with Crippen molar-refractivity contribution < 1.29 is 0 Å². The lowest BCUT2D eigenvalue weighted by atomic mass is 10.1. The van der Waals surface area contributed by atoms with Crippen LogP contribution in [0.5, 0.6) is 0 Å². The van der Waals surface area contributed by atoms with E-state index < -0.39 is 0 Å². The molecule has 1 aliphatic heterocycles. The Morgan fingerprint density at radius 1 is 1.25 bits per heavy atom. The molecular weight excluding hydrogens is 250 g/mol. The third kappa shape index (κ3) is 2.82. The molecule has 106 valence electrons. The molecule has 0 amide bonds. The van der Waals surface area contributed by atoms with E-state index in [1.807, 2.05) is 35.5 Å². The zero-order chi connectivity index (χ0) is 13.9. The van der Waals surface area contributed by atoms with Gasteiger partial charge in [-0.05, 0) is 51.5 Å². The number of rotatable bonds is 3. The lowest BCUT2D eigenvalue weighted by Crippen LogP contribution is -2.36. The molecule has 2 aromatic rings. The van der Waals surface area contributed by atoms with Gasteiger partial charge in [-0.15, -0.1) is 0 Å². The molecule has 0 atom stereocenters. The van der Waals surface area contributed by atoms with E-state index in [0.717, 1.165) is 30.0 Å². The summed E-state index contributed by atoms with van der Waals surface area (Å²) in [7, 11) is 2.18. The van der Waals surface area contributed by atoms with Crippen molar-refractivity contribution >= 4 is 5.69 Å². The van der Waals surface area contributed by atoms with Crippen LogP contribution in [0.3, 0.4) is 0 Å². The highest BCUT2D eigenvalue weighted by molar-refractivity contribution is 5.59. The Balaban J connectivity index is 1.80. The van der Waals surface area contributed by atoms with Crippen molar-refractivity contribution in [3.8, 4) is 5.69 Å². The molecular formula is C15H21N5. The number of aryl methyl sites for hydroxylation is 1. The summed E-state index contributed by atoms with van der Waals surface area (Å²) in [6.07, 6.45) is 9.96. The van der Waals surface area contributed by atoms with Crippen LogP contribution in [0.1, 0.15) is 18.4 Å². The Morgan fingerprint density at radius 3 is 2.75 bits per heavy atom. The fourth-order valence-electron chi connectivity index (χ4n) is 2.62. The average Bonchev–Trinajstić information content (AvgIpc) is 2.88. The summed E-state index contributed by atoms with van der Waals surface area (Å²) in [5.41, 5.74) is 3.28. The fourth-order valence-corrected chi connectivity index (χ4v) is 2.62. The van der Waals surface area contributed by atoms with Gasteiger partial charge < -0.3 is 10.2 Å². The lowest BCUT2D eigenvalue weighted by Gasteiger charge is -2.30. The van der Waals surface area contributed by atoms with E-state index in [4.69, 9.17) is 0 Å². The first kappa shape index (κ1) is 13.1. The van der Waals surface area contributed by atoms with E-state index in [1.165, 1.54) is 12.8 Å². The summed E-state index contributed by atoms with van der Waals surface area (Å²) in [6, 6.07) is 2.52. The van der Waals surface area contributed by atoms with Crippen LogP contribution in [0.4, 0.5) is 5.69 Å². The van der Waals surface area contributed by atoms with Crippen molar-refractivity contribution in [3.05, 3.63) is 36.4 Å². The molecule has 0 saturated carbocycles. The van der Waals surface area contributed by atoms with Gasteiger partial charge in [0, 0.05) is 18.4 Å². The van der Waals surface area contributed by atoms with Gasteiger partial charge >= 0.3 is 0 Å². The number of nitrogens with one attached hydrogen (secondary N) is 1. The number of hydrogen-bond acceptors (Lipinski definition) is 4. The van der Waals surface area contributed by atoms with E-state index >= 15 is 0 Å². The first-order valence-electron chi connectivity index (χ1n) is 7.13. The van der Waals surface area contributed by atoms with E-state index in [9.17, 15) is 0 Å². The van der Waals surface area contributed by atoms with Crippen LogP contribution in [0.15, 0.2) is 30.9 Å². The third-order valence-electron chi connectivity index (χ3n) is 3.83. The van der Waals surface area contributed by atoms with Crippen LogP contribution in [-0.2, 0) is 0 Å². The van der Waals surface area contributed by atoms with Gasteiger partial charge in [-0.2, -0.15) is 5.10 Å². The maximum atomic E-state index is 4.39. The number of piperidine rings is 1. The number of anilines is 1. The monoisotopic (exact) mass is 271 g/mol. The quantitative estimate of drug-likeness (QED) is 0.928. The Bertz CT molecular complexity index is 569. The first-order chi connectivity index (χ1) is 9.72. The molecule has 20 heavy (non-hydrogen) atoms. The molecule has 3 heterocycles. The summed E-state index contributed by atoms with van der Waals surface area (Å²) < 4.78 is 1.91. The number of aromatic nitrogens is 3. The van der Waals surface area contributed by atoms with Gasteiger partial charge in [0.2, 0.25) is 0 Å². The fraction of sp³-hybridized carbons (Fsp3) is 0.467. The molecule has 0 radical (unpaired) electrons. The molecule has 5 heteroatoms. The Morgan fingerprint density at radius 2 is 2.05 bits per heavy atom. The topological polar surface area (TPSA) is 46.0 Å². The molecule has 0 aromatic carbocycles. The van der Waals surface area contributed by atoms with Crippen LogP contribution < -0.4 is 5.32 Å². The van der Waals surface area contributed by atoms with Crippen LogP contribution in [-0.4, -0.2) is 45.8 Å². The summed E-state index contributed by atoms with van der Waals surface area (Å²) in [5.74, 6) is 0. The number of pyridine rings is 1. The van der Waals surface area contributed by atoms with Gasteiger partial charge in [0.25, 0.3) is 0 Å². The van der Waals surface area contributed by atoms with E-state index in [1.54, 1.807) is 0 Å². The summed E-state index contributed by atoms with van der Waals surface area (Å²) in [6.45, 7) is 4.34. The zero-order valence-corrected chi connectivity index (χ0v) is 12.1.